The van der Waals surface area contributed by atoms with Crippen molar-refractivity contribution in [2.24, 2.45) is 0 Å². The van der Waals surface area contributed by atoms with Gasteiger partial charge in [0, 0.05) is 29.7 Å². The fraction of sp³-hybridized carbons (Fsp3) is 0.316. The molecule has 0 radical (unpaired) electrons. The second-order valence-electron chi connectivity index (χ2n) is 5.58. The maximum absolute atomic E-state index is 11.8. The highest BCUT2D eigenvalue weighted by molar-refractivity contribution is 9.10. The lowest BCUT2D eigenvalue weighted by Gasteiger charge is -2.10. The average Bonchev–Trinajstić information content (AvgIpc) is 2.55. The number of hydrogen-bond donors (Lipinski definition) is 2. The van der Waals surface area contributed by atoms with Crippen LogP contribution in [0.15, 0.2) is 53.0 Å². The van der Waals surface area contributed by atoms with E-state index in [2.05, 4.69) is 51.7 Å². The molecule has 23 heavy (non-hydrogen) atoms. The first-order valence-electron chi connectivity index (χ1n) is 7.96. The molecule has 0 aliphatic carbocycles. The minimum Gasteiger partial charge on any atom is -0.384 e. The van der Waals surface area contributed by atoms with Crippen LogP contribution < -0.4 is 10.6 Å². The first kappa shape index (κ1) is 17.5. The van der Waals surface area contributed by atoms with Crippen molar-refractivity contribution < 1.29 is 4.79 Å². The Bertz CT molecular complexity index is 629. The lowest BCUT2D eigenvalue weighted by Crippen LogP contribution is -2.26. The Morgan fingerprint density at radius 3 is 2.61 bits per heavy atom. The molecule has 2 aromatic carbocycles. The Kier molecular flexibility index (Phi) is 7.14. The fourth-order valence-corrected chi connectivity index (χ4v) is 2.87. The maximum atomic E-state index is 11.8. The van der Waals surface area contributed by atoms with Crippen LogP contribution in [0.2, 0.25) is 0 Å². The summed E-state index contributed by atoms with van der Waals surface area (Å²) in [6, 6.07) is 16.4. The number of hydrogen-bond acceptors (Lipinski definition) is 2. The van der Waals surface area contributed by atoms with Crippen LogP contribution in [0.5, 0.6) is 0 Å². The van der Waals surface area contributed by atoms with Crippen molar-refractivity contribution >= 4 is 27.5 Å². The Morgan fingerprint density at radius 1 is 1.09 bits per heavy atom. The summed E-state index contributed by atoms with van der Waals surface area (Å²) in [5.74, 6) is 0.0975. The van der Waals surface area contributed by atoms with Gasteiger partial charge in [0.2, 0.25) is 5.91 Å². The normalized spacial score (nSPS) is 10.3. The third-order valence-electron chi connectivity index (χ3n) is 3.66. The van der Waals surface area contributed by atoms with E-state index in [1.54, 1.807) is 0 Å². The summed E-state index contributed by atoms with van der Waals surface area (Å²) in [4.78, 5) is 11.8. The molecule has 3 nitrogen and oxygen atoms in total. The van der Waals surface area contributed by atoms with Crippen molar-refractivity contribution in [3.8, 4) is 0 Å². The molecule has 2 rings (SSSR count). The van der Waals surface area contributed by atoms with Gasteiger partial charge in [0.05, 0.1) is 0 Å². The van der Waals surface area contributed by atoms with E-state index in [1.807, 2.05) is 30.3 Å². The van der Waals surface area contributed by atoms with Gasteiger partial charge in [-0.3, -0.25) is 4.79 Å². The number of carbonyl (C=O) groups is 1. The van der Waals surface area contributed by atoms with Gasteiger partial charge >= 0.3 is 0 Å². The van der Waals surface area contributed by atoms with E-state index in [0.29, 0.717) is 13.0 Å². The molecule has 2 aromatic rings. The zero-order valence-electron chi connectivity index (χ0n) is 13.4. The van der Waals surface area contributed by atoms with Gasteiger partial charge in [0.25, 0.3) is 0 Å². The van der Waals surface area contributed by atoms with Crippen molar-refractivity contribution in [2.45, 2.75) is 26.2 Å². The Morgan fingerprint density at radius 2 is 1.87 bits per heavy atom. The summed E-state index contributed by atoms with van der Waals surface area (Å²) in [6.07, 6.45) is 2.45. The van der Waals surface area contributed by atoms with Gasteiger partial charge in [-0.05, 0) is 49.1 Å². The predicted molar refractivity (Wildman–Crippen MR) is 99.8 cm³/mol. The molecule has 122 valence electrons. The fourth-order valence-electron chi connectivity index (χ4n) is 2.39. The number of carbonyl (C=O) groups excluding carboxylic acids is 1. The molecule has 0 aromatic heterocycles. The number of benzene rings is 2. The van der Waals surface area contributed by atoms with Crippen LogP contribution >= 0.6 is 15.9 Å². The first-order valence-corrected chi connectivity index (χ1v) is 8.75. The van der Waals surface area contributed by atoms with Gasteiger partial charge in [-0.2, -0.15) is 0 Å². The van der Waals surface area contributed by atoms with E-state index in [4.69, 9.17) is 0 Å². The number of rotatable bonds is 8. The SMILES string of the molecule is Cc1cc(Br)ccc1NCCC(=O)NCCCc1ccccc1. The molecule has 0 aliphatic heterocycles. The van der Waals surface area contributed by atoms with Crippen molar-refractivity contribution in [2.75, 3.05) is 18.4 Å². The number of aryl methyl sites for hydroxylation is 2. The second kappa shape index (κ2) is 9.36. The highest BCUT2D eigenvalue weighted by atomic mass is 79.9. The monoisotopic (exact) mass is 374 g/mol. The van der Waals surface area contributed by atoms with Gasteiger partial charge in [-0.25, -0.2) is 0 Å². The molecular formula is C19H23BrN2O. The van der Waals surface area contributed by atoms with Crippen molar-refractivity contribution in [3.05, 3.63) is 64.1 Å². The van der Waals surface area contributed by atoms with Gasteiger partial charge in [-0.1, -0.05) is 46.3 Å². The third kappa shape index (κ3) is 6.45. The minimum atomic E-state index is 0.0975. The molecular weight excluding hydrogens is 352 g/mol. The average molecular weight is 375 g/mol. The molecule has 0 spiro atoms. The largest absolute Gasteiger partial charge is 0.384 e. The first-order chi connectivity index (χ1) is 11.1. The summed E-state index contributed by atoms with van der Waals surface area (Å²) in [5.41, 5.74) is 3.56. The standard InChI is InChI=1S/C19H23BrN2O/c1-15-14-17(20)9-10-18(15)21-13-11-19(23)22-12-5-8-16-6-3-2-4-7-16/h2-4,6-7,9-10,14,21H,5,8,11-13H2,1H3,(H,22,23). The van der Waals surface area contributed by atoms with E-state index in [0.717, 1.165) is 29.5 Å². The topological polar surface area (TPSA) is 41.1 Å². The Labute approximate surface area is 146 Å². The van der Waals surface area contributed by atoms with Gasteiger partial charge in [-0.15, -0.1) is 0 Å². The zero-order chi connectivity index (χ0) is 16.5. The molecule has 0 aliphatic rings. The van der Waals surface area contributed by atoms with Crippen molar-refractivity contribution in [1.82, 2.24) is 5.32 Å². The van der Waals surface area contributed by atoms with Crippen LogP contribution in [0.1, 0.15) is 24.0 Å². The molecule has 4 heteroatoms. The molecule has 0 saturated carbocycles. The van der Waals surface area contributed by atoms with E-state index in [9.17, 15) is 4.79 Å². The molecule has 0 unspecified atom stereocenters. The molecule has 0 atom stereocenters. The summed E-state index contributed by atoms with van der Waals surface area (Å²) < 4.78 is 1.07. The molecule has 0 bridgehead atoms. The summed E-state index contributed by atoms with van der Waals surface area (Å²) in [6.45, 7) is 3.43. The summed E-state index contributed by atoms with van der Waals surface area (Å²) in [7, 11) is 0. The zero-order valence-corrected chi connectivity index (χ0v) is 15.0. The highest BCUT2D eigenvalue weighted by Crippen LogP contribution is 2.19. The molecule has 0 fully saturated rings. The van der Waals surface area contributed by atoms with Gasteiger partial charge < -0.3 is 10.6 Å². The van der Waals surface area contributed by atoms with Crippen LogP contribution in [0, 0.1) is 6.92 Å². The number of amides is 1. The minimum absolute atomic E-state index is 0.0975. The van der Waals surface area contributed by atoms with Gasteiger partial charge in [0.15, 0.2) is 0 Å². The lowest BCUT2D eigenvalue weighted by atomic mass is 10.1. The van der Waals surface area contributed by atoms with Crippen LogP contribution in [-0.2, 0) is 11.2 Å². The maximum Gasteiger partial charge on any atom is 0.221 e. The van der Waals surface area contributed by atoms with Gasteiger partial charge in [0.1, 0.15) is 0 Å². The number of halogens is 1. The molecule has 2 N–H and O–H groups in total. The van der Waals surface area contributed by atoms with Crippen LogP contribution in [0.4, 0.5) is 5.69 Å². The van der Waals surface area contributed by atoms with Crippen molar-refractivity contribution in [1.29, 1.82) is 0 Å². The molecule has 1 amide bonds. The summed E-state index contributed by atoms with van der Waals surface area (Å²) in [5, 5.41) is 6.28. The second-order valence-corrected chi connectivity index (χ2v) is 6.49. The Balaban J connectivity index is 1.60. The van der Waals surface area contributed by atoms with E-state index in [1.165, 1.54) is 11.1 Å². The number of anilines is 1. The molecule has 0 heterocycles. The van der Waals surface area contributed by atoms with E-state index in [-0.39, 0.29) is 5.91 Å². The van der Waals surface area contributed by atoms with Crippen molar-refractivity contribution in [3.63, 3.8) is 0 Å². The number of nitrogens with one attached hydrogen (secondary N) is 2. The third-order valence-corrected chi connectivity index (χ3v) is 4.16. The van der Waals surface area contributed by atoms with E-state index < -0.39 is 0 Å². The van der Waals surface area contributed by atoms with Crippen LogP contribution in [0.3, 0.4) is 0 Å². The summed E-state index contributed by atoms with van der Waals surface area (Å²) >= 11 is 3.45. The van der Waals surface area contributed by atoms with Crippen LogP contribution in [-0.4, -0.2) is 19.0 Å². The predicted octanol–water partition coefficient (Wildman–Crippen LogP) is 4.31. The van der Waals surface area contributed by atoms with E-state index >= 15 is 0 Å². The van der Waals surface area contributed by atoms with Crippen LogP contribution in [0.25, 0.3) is 0 Å². The molecule has 0 saturated heterocycles. The lowest BCUT2D eigenvalue weighted by molar-refractivity contribution is -0.120. The smallest absolute Gasteiger partial charge is 0.221 e. The highest BCUT2D eigenvalue weighted by Gasteiger charge is 2.02. The Hall–Kier alpha value is -1.81. The quantitative estimate of drug-likeness (QED) is 0.675.